The first-order chi connectivity index (χ1) is 22.8. The third-order valence-electron chi connectivity index (χ3n) is 6.77. The molecule has 252 valence electrons. The van der Waals surface area contributed by atoms with E-state index in [2.05, 4.69) is 0 Å². The summed E-state index contributed by atoms with van der Waals surface area (Å²) in [6.45, 7) is -0.867. The van der Waals surface area contributed by atoms with Crippen LogP contribution in [0.4, 0.5) is 0 Å². The van der Waals surface area contributed by atoms with Crippen molar-refractivity contribution in [3.63, 3.8) is 0 Å². The molecular weight excluding hydrogens is 636 g/mol. The van der Waals surface area contributed by atoms with Crippen LogP contribution in [0.25, 0.3) is 18.2 Å². The van der Waals surface area contributed by atoms with Gasteiger partial charge in [-0.2, -0.15) is 0 Å². The topological polar surface area (TPSA) is 250 Å². The molecule has 15 heteroatoms. The van der Waals surface area contributed by atoms with Crippen LogP contribution in [0.15, 0.2) is 72.8 Å². The predicted molar refractivity (Wildman–Crippen MR) is 164 cm³/mol. The summed E-state index contributed by atoms with van der Waals surface area (Å²) in [7, 11) is 0. The Balaban J connectivity index is 1.54. The highest BCUT2D eigenvalue weighted by atomic mass is 16.7. The van der Waals surface area contributed by atoms with E-state index in [1.807, 2.05) is 0 Å². The second kappa shape index (κ2) is 15.5. The van der Waals surface area contributed by atoms with Crippen molar-refractivity contribution in [3.05, 3.63) is 89.5 Å². The number of ether oxygens (including phenoxy) is 4. The van der Waals surface area contributed by atoms with Gasteiger partial charge in [0.2, 0.25) is 6.29 Å². The molecular formula is C33H30O15. The molecule has 0 radical (unpaired) electrons. The normalized spacial score (nSPS) is 21.0. The fraction of sp³-hybridized carbons (Fsp3) is 0.182. The quantitative estimate of drug-likeness (QED) is 0.0665. The standard InChI is InChI=1S/C33H30O15/c34-16-26-31(46-27(41)10-4-17-1-7-20(35)23(38)13-17)32(47-28(42)11-5-18-2-8-21(36)24(39)14-18)30(44)33(45-26)48-29(43)12-6-19-3-9-22(37)25(40)15-19/h1-15,26,30-40,44H,16H2/t26-,30-,31-,32-,33+/m1/s1. The van der Waals surface area contributed by atoms with Gasteiger partial charge in [-0.3, -0.25) is 0 Å². The summed E-state index contributed by atoms with van der Waals surface area (Å²) in [5.74, 6) is -5.75. The van der Waals surface area contributed by atoms with Crippen LogP contribution < -0.4 is 0 Å². The molecule has 3 aromatic rings. The SMILES string of the molecule is O=C(C=Cc1ccc(O)c(O)c1)O[C@@H]1O[C@H](CO)[C@@H](OC(=O)C=Cc2ccc(O)c(O)c2)[C@H](OC(=O)C=Cc2ccc(O)c(O)c2)[C@H]1O. The summed E-state index contributed by atoms with van der Waals surface area (Å²) < 4.78 is 21.4. The molecule has 8 N–H and O–H groups in total. The van der Waals surface area contributed by atoms with Crippen LogP contribution >= 0.6 is 0 Å². The minimum Gasteiger partial charge on any atom is -0.504 e. The van der Waals surface area contributed by atoms with Gasteiger partial charge in [-0.15, -0.1) is 0 Å². The molecule has 1 aliphatic rings. The summed E-state index contributed by atoms with van der Waals surface area (Å²) in [4.78, 5) is 38.2. The predicted octanol–water partition coefficient (Wildman–Crippen LogP) is 1.81. The number of esters is 3. The molecule has 0 aliphatic carbocycles. The van der Waals surface area contributed by atoms with Gasteiger partial charge in [0.1, 0.15) is 6.10 Å². The highest BCUT2D eigenvalue weighted by Crippen LogP contribution is 2.30. The van der Waals surface area contributed by atoms with Crippen molar-refractivity contribution in [2.75, 3.05) is 6.61 Å². The number of hydrogen-bond donors (Lipinski definition) is 8. The summed E-state index contributed by atoms with van der Waals surface area (Å²) in [6, 6.07) is 11.1. The van der Waals surface area contributed by atoms with Gasteiger partial charge in [-0.05, 0) is 71.3 Å². The van der Waals surface area contributed by atoms with Crippen LogP contribution in [0.3, 0.4) is 0 Å². The van der Waals surface area contributed by atoms with Crippen molar-refractivity contribution in [1.29, 1.82) is 0 Å². The Kier molecular flexibility index (Phi) is 11.3. The van der Waals surface area contributed by atoms with E-state index in [0.717, 1.165) is 36.4 Å². The first-order valence-corrected chi connectivity index (χ1v) is 14.0. The zero-order valence-corrected chi connectivity index (χ0v) is 24.7. The molecule has 0 amide bonds. The highest BCUT2D eigenvalue weighted by Gasteiger charge is 2.50. The molecule has 48 heavy (non-hydrogen) atoms. The first-order valence-electron chi connectivity index (χ1n) is 14.0. The van der Waals surface area contributed by atoms with E-state index >= 15 is 0 Å². The molecule has 1 fully saturated rings. The largest absolute Gasteiger partial charge is 0.504 e. The van der Waals surface area contributed by atoms with E-state index in [-0.39, 0.29) is 22.6 Å². The number of carbonyl (C=O) groups is 3. The Hall–Kier alpha value is -6.03. The Bertz CT molecular complexity index is 1740. The molecule has 0 bridgehead atoms. The molecule has 0 unspecified atom stereocenters. The van der Waals surface area contributed by atoms with Gasteiger partial charge < -0.3 is 59.8 Å². The molecule has 0 spiro atoms. The number of aliphatic hydroxyl groups is 2. The van der Waals surface area contributed by atoms with Gasteiger partial charge in [0.15, 0.2) is 52.8 Å². The Morgan fingerprint density at radius 2 is 0.958 bits per heavy atom. The number of hydrogen-bond acceptors (Lipinski definition) is 15. The van der Waals surface area contributed by atoms with Crippen molar-refractivity contribution in [2.45, 2.75) is 30.7 Å². The van der Waals surface area contributed by atoms with Crippen molar-refractivity contribution in [1.82, 2.24) is 0 Å². The average molecular weight is 667 g/mol. The maximum Gasteiger partial charge on any atom is 0.333 e. The maximum atomic E-state index is 12.8. The van der Waals surface area contributed by atoms with Crippen LogP contribution in [0.2, 0.25) is 0 Å². The zero-order valence-electron chi connectivity index (χ0n) is 24.7. The van der Waals surface area contributed by atoms with Gasteiger partial charge in [-0.25, -0.2) is 14.4 Å². The monoisotopic (exact) mass is 666 g/mol. The third kappa shape index (κ3) is 9.03. The van der Waals surface area contributed by atoms with Crippen LogP contribution in [-0.4, -0.2) is 96.1 Å². The van der Waals surface area contributed by atoms with Gasteiger partial charge in [-0.1, -0.05) is 18.2 Å². The van der Waals surface area contributed by atoms with E-state index in [1.165, 1.54) is 54.6 Å². The van der Waals surface area contributed by atoms with Crippen LogP contribution in [0.1, 0.15) is 16.7 Å². The second-order valence-electron chi connectivity index (χ2n) is 10.2. The van der Waals surface area contributed by atoms with Gasteiger partial charge in [0.25, 0.3) is 0 Å². The highest BCUT2D eigenvalue weighted by molar-refractivity contribution is 5.89. The van der Waals surface area contributed by atoms with E-state index in [9.17, 15) is 55.2 Å². The number of aromatic hydroxyl groups is 6. The Labute approximate surface area is 271 Å². The fourth-order valence-corrected chi connectivity index (χ4v) is 4.34. The van der Waals surface area contributed by atoms with Gasteiger partial charge >= 0.3 is 17.9 Å². The first kappa shape index (κ1) is 34.8. The lowest BCUT2D eigenvalue weighted by atomic mass is 9.98. The molecule has 15 nitrogen and oxygen atoms in total. The van der Waals surface area contributed by atoms with Crippen LogP contribution in [-0.2, 0) is 33.3 Å². The average Bonchev–Trinajstić information content (AvgIpc) is 3.05. The lowest BCUT2D eigenvalue weighted by Crippen LogP contribution is -2.61. The summed E-state index contributed by atoms with van der Waals surface area (Å²) >= 11 is 0. The van der Waals surface area contributed by atoms with Crippen LogP contribution in [0, 0.1) is 0 Å². The molecule has 0 aromatic heterocycles. The molecule has 1 heterocycles. The van der Waals surface area contributed by atoms with Crippen molar-refractivity contribution in [3.8, 4) is 34.5 Å². The lowest BCUT2D eigenvalue weighted by molar-refractivity contribution is -0.295. The molecule has 5 atom stereocenters. The summed E-state index contributed by atoms with van der Waals surface area (Å²) in [6.07, 6.45) is -2.41. The van der Waals surface area contributed by atoms with Crippen molar-refractivity contribution < 1.29 is 74.2 Å². The number of rotatable bonds is 10. The Morgan fingerprint density at radius 1 is 0.583 bits per heavy atom. The lowest BCUT2D eigenvalue weighted by Gasteiger charge is -2.42. The molecule has 4 rings (SSSR count). The molecule has 0 saturated carbocycles. The smallest absolute Gasteiger partial charge is 0.333 e. The minimum absolute atomic E-state index is 0.275. The summed E-state index contributed by atoms with van der Waals surface area (Å²) in [5.41, 5.74) is 0.859. The van der Waals surface area contributed by atoms with Crippen molar-refractivity contribution in [2.24, 2.45) is 0 Å². The molecule has 1 saturated heterocycles. The number of carbonyl (C=O) groups excluding carboxylic acids is 3. The van der Waals surface area contributed by atoms with Crippen LogP contribution in [0.5, 0.6) is 34.5 Å². The Morgan fingerprint density at radius 3 is 1.33 bits per heavy atom. The number of benzene rings is 3. The summed E-state index contributed by atoms with van der Waals surface area (Å²) in [5, 5.41) is 78.6. The van der Waals surface area contributed by atoms with Gasteiger partial charge in [0, 0.05) is 18.2 Å². The third-order valence-corrected chi connectivity index (χ3v) is 6.77. The zero-order chi connectivity index (χ0) is 35.0. The number of phenolic OH excluding ortho intramolecular Hbond substituents is 6. The number of aliphatic hydroxyl groups excluding tert-OH is 2. The maximum absolute atomic E-state index is 12.8. The van der Waals surface area contributed by atoms with Gasteiger partial charge in [0.05, 0.1) is 6.61 Å². The van der Waals surface area contributed by atoms with E-state index in [4.69, 9.17) is 18.9 Å². The second-order valence-corrected chi connectivity index (χ2v) is 10.2. The fourth-order valence-electron chi connectivity index (χ4n) is 4.34. The van der Waals surface area contributed by atoms with E-state index in [0.29, 0.717) is 5.56 Å². The van der Waals surface area contributed by atoms with Crippen molar-refractivity contribution >= 4 is 36.1 Å². The minimum atomic E-state index is -1.98. The molecule has 1 aliphatic heterocycles. The number of phenols is 6. The molecule has 3 aromatic carbocycles. The van der Waals surface area contributed by atoms with E-state index in [1.54, 1.807) is 0 Å². The van der Waals surface area contributed by atoms with E-state index < -0.39 is 78.2 Å².